The predicted octanol–water partition coefficient (Wildman–Crippen LogP) is 4.46. The first-order valence-corrected chi connectivity index (χ1v) is 8.56. The molecule has 26 heavy (non-hydrogen) atoms. The molecular formula is C22H19NO3. The van der Waals surface area contributed by atoms with E-state index in [1.165, 1.54) is 16.8 Å². The van der Waals surface area contributed by atoms with Crippen molar-refractivity contribution in [1.29, 1.82) is 0 Å². The number of hydrogen-bond donors (Lipinski definition) is 1. The fourth-order valence-electron chi connectivity index (χ4n) is 3.01. The first-order chi connectivity index (χ1) is 12.7. The third-order valence-electron chi connectivity index (χ3n) is 4.46. The van der Waals surface area contributed by atoms with Crippen molar-refractivity contribution in [3.63, 3.8) is 0 Å². The third-order valence-corrected chi connectivity index (χ3v) is 4.46. The number of rotatable bonds is 4. The van der Waals surface area contributed by atoms with Gasteiger partial charge in [-0.25, -0.2) is 0 Å². The Balaban J connectivity index is 1.43. The Hall–Kier alpha value is -3.27. The lowest BCUT2D eigenvalue weighted by atomic mass is 10.0. The molecule has 0 aromatic heterocycles. The molecule has 0 aliphatic carbocycles. The summed E-state index contributed by atoms with van der Waals surface area (Å²) >= 11 is 0. The number of amides is 1. The van der Waals surface area contributed by atoms with Crippen molar-refractivity contribution in [3.8, 4) is 11.5 Å². The predicted molar refractivity (Wildman–Crippen MR) is 102 cm³/mol. The molecule has 3 aromatic rings. The summed E-state index contributed by atoms with van der Waals surface area (Å²) in [6.45, 7) is 2.22. The van der Waals surface area contributed by atoms with Gasteiger partial charge in [0, 0.05) is 6.08 Å². The van der Waals surface area contributed by atoms with Gasteiger partial charge in [0.2, 0.25) is 12.7 Å². The Morgan fingerprint density at radius 1 is 1.00 bits per heavy atom. The molecule has 1 amide bonds. The number of nitrogens with one attached hydrogen (secondary N) is 1. The van der Waals surface area contributed by atoms with Crippen LogP contribution < -0.4 is 14.8 Å². The summed E-state index contributed by atoms with van der Waals surface area (Å²) in [7, 11) is 0. The van der Waals surface area contributed by atoms with Crippen molar-refractivity contribution in [2.24, 2.45) is 0 Å². The molecule has 0 radical (unpaired) electrons. The van der Waals surface area contributed by atoms with E-state index in [4.69, 9.17) is 9.47 Å². The summed E-state index contributed by atoms with van der Waals surface area (Å²) in [6, 6.07) is 20.0. The Kier molecular flexibility index (Phi) is 4.32. The largest absolute Gasteiger partial charge is 0.454 e. The summed E-state index contributed by atoms with van der Waals surface area (Å²) in [4.78, 5) is 12.2. The second kappa shape index (κ2) is 6.92. The normalized spacial score (nSPS) is 13.9. The van der Waals surface area contributed by atoms with E-state index in [1.54, 1.807) is 6.08 Å². The highest BCUT2D eigenvalue weighted by atomic mass is 16.7. The van der Waals surface area contributed by atoms with Crippen LogP contribution >= 0.6 is 0 Å². The van der Waals surface area contributed by atoms with Gasteiger partial charge in [-0.3, -0.25) is 4.79 Å². The molecule has 1 aliphatic rings. The second-order valence-corrected chi connectivity index (χ2v) is 6.28. The summed E-state index contributed by atoms with van der Waals surface area (Å²) in [5, 5.41) is 5.36. The molecule has 1 aliphatic heterocycles. The zero-order valence-corrected chi connectivity index (χ0v) is 14.4. The summed E-state index contributed by atoms with van der Waals surface area (Å²) < 4.78 is 10.6. The molecule has 0 spiro atoms. The average molecular weight is 345 g/mol. The van der Waals surface area contributed by atoms with Crippen molar-refractivity contribution in [2.45, 2.75) is 13.0 Å². The van der Waals surface area contributed by atoms with Gasteiger partial charge in [-0.05, 0) is 53.1 Å². The van der Waals surface area contributed by atoms with E-state index in [0.29, 0.717) is 5.75 Å². The van der Waals surface area contributed by atoms with Gasteiger partial charge < -0.3 is 14.8 Å². The van der Waals surface area contributed by atoms with Gasteiger partial charge in [-0.2, -0.15) is 0 Å². The lowest BCUT2D eigenvalue weighted by molar-refractivity contribution is -0.117. The van der Waals surface area contributed by atoms with E-state index in [-0.39, 0.29) is 18.7 Å². The Bertz CT molecular complexity index is 994. The lowest BCUT2D eigenvalue weighted by Gasteiger charge is -2.14. The van der Waals surface area contributed by atoms with Crippen molar-refractivity contribution in [2.75, 3.05) is 6.79 Å². The summed E-state index contributed by atoms with van der Waals surface area (Å²) in [5.74, 6) is 1.30. The summed E-state index contributed by atoms with van der Waals surface area (Å²) in [6.07, 6.45) is 3.31. The minimum Gasteiger partial charge on any atom is -0.454 e. The van der Waals surface area contributed by atoms with Crippen LogP contribution in [0.2, 0.25) is 0 Å². The van der Waals surface area contributed by atoms with E-state index < -0.39 is 0 Å². The number of ether oxygens (including phenoxy) is 2. The molecule has 1 unspecified atom stereocenters. The van der Waals surface area contributed by atoms with E-state index >= 15 is 0 Å². The highest BCUT2D eigenvalue weighted by Gasteiger charge is 2.12. The van der Waals surface area contributed by atoms with Crippen LogP contribution in [-0.2, 0) is 4.79 Å². The molecule has 4 heteroatoms. The number of benzene rings is 3. The number of carbonyl (C=O) groups excluding carboxylic acids is 1. The maximum absolute atomic E-state index is 12.2. The van der Waals surface area contributed by atoms with E-state index in [9.17, 15) is 4.79 Å². The van der Waals surface area contributed by atoms with Gasteiger partial charge >= 0.3 is 0 Å². The lowest BCUT2D eigenvalue weighted by Crippen LogP contribution is -2.24. The van der Waals surface area contributed by atoms with Gasteiger partial charge in [0.15, 0.2) is 11.5 Å². The molecule has 0 saturated heterocycles. The van der Waals surface area contributed by atoms with Gasteiger partial charge in [0.1, 0.15) is 0 Å². The zero-order chi connectivity index (χ0) is 17.9. The highest BCUT2D eigenvalue weighted by molar-refractivity contribution is 5.92. The quantitative estimate of drug-likeness (QED) is 0.710. The third kappa shape index (κ3) is 3.40. The van der Waals surface area contributed by atoms with Crippen molar-refractivity contribution in [3.05, 3.63) is 77.9 Å². The van der Waals surface area contributed by atoms with Gasteiger partial charge in [0.25, 0.3) is 0 Å². The molecule has 130 valence electrons. The molecule has 4 rings (SSSR count). The van der Waals surface area contributed by atoms with Crippen molar-refractivity contribution in [1.82, 2.24) is 5.32 Å². The molecule has 1 heterocycles. The average Bonchev–Trinajstić information content (AvgIpc) is 3.13. The van der Waals surface area contributed by atoms with Gasteiger partial charge in [-0.1, -0.05) is 42.5 Å². The van der Waals surface area contributed by atoms with Crippen molar-refractivity contribution < 1.29 is 14.3 Å². The van der Waals surface area contributed by atoms with Crippen LogP contribution in [0.4, 0.5) is 0 Å². The topological polar surface area (TPSA) is 47.6 Å². The van der Waals surface area contributed by atoms with Crippen LogP contribution in [0, 0.1) is 0 Å². The molecule has 0 fully saturated rings. The number of fused-ring (bicyclic) bond motifs is 2. The van der Waals surface area contributed by atoms with Crippen LogP contribution in [0.1, 0.15) is 24.1 Å². The summed E-state index contributed by atoms with van der Waals surface area (Å²) in [5.41, 5.74) is 1.97. The monoisotopic (exact) mass is 345 g/mol. The molecule has 1 N–H and O–H groups in total. The Morgan fingerprint density at radius 3 is 2.69 bits per heavy atom. The van der Waals surface area contributed by atoms with Crippen LogP contribution in [-0.4, -0.2) is 12.7 Å². The smallest absolute Gasteiger partial charge is 0.244 e. The zero-order valence-electron chi connectivity index (χ0n) is 14.4. The number of hydrogen-bond acceptors (Lipinski definition) is 3. The molecule has 0 bridgehead atoms. The first kappa shape index (κ1) is 16.2. The molecule has 0 saturated carbocycles. The minimum absolute atomic E-state index is 0.0755. The molecule has 4 nitrogen and oxygen atoms in total. The fourth-order valence-corrected chi connectivity index (χ4v) is 3.01. The maximum Gasteiger partial charge on any atom is 0.244 e. The Labute approximate surface area is 152 Å². The van der Waals surface area contributed by atoms with Crippen LogP contribution in [0.5, 0.6) is 11.5 Å². The molecular weight excluding hydrogens is 326 g/mol. The maximum atomic E-state index is 12.2. The van der Waals surface area contributed by atoms with Crippen molar-refractivity contribution >= 4 is 22.8 Å². The van der Waals surface area contributed by atoms with Crippen LogP contribution in [0.25, 0.3) is 16.8 Å². The van der Waals surface area contributed by atoms with E-state index in [1.807, 2.05) is 37.3 Å². The van der Waals surface area contributed by atoms with Crippen LogP contribution in [0.15, 0.2) is 66.7 Å². The molecule has 1 atom stereocenters. The van der Waals surface area contributed by atoms with E-state index in [2.05, 4.69) is 35.6 Å². The highest BCUT2D eigenvalue weighted by Crippen LogP contribution is 2.32. The second-order valence-electron chi connectivity index (χ2n) is 6.28. The first-order valence-electron chi connectivity index (χ1n) is 8.56. The number of carbonyl (C=O) groups is 1. The fraction of sp³-hybridized carbons (Fsp3) is 0.136. The standard InChI is InChI=1S/C22H19NO3/c1-15(18-9-8-17-4-2-3-5-19(17)13-18)23-22(24)11-7-16-6-10-20-21(12-16)26-14-25-20/h2-13,15H,14H2,1H3,(H,23,24). The molecule has 3 aromatic carbocycles. The minimum atomic E-state index is -0.136. The van der Waals surface area contributed by atoms with Gasteiger partial charge in [-0.15, -0.1) is 0 Å². The SMILES string of the molecule is CC(NC(=O)C=Cc1ccc2c(c1)OCO2)c1ccc2ccccc2c1. The van der Waals surface area contributed by atoms with Crippen LogP contribution in [0.3, 0.4) is 0 Å². The Morgan fingerprint density at radius 2 is 1.81 bits per heavy atom. The van der Waals surface area contributed by atoms with Gasteiger partial charge in [0.05, 0.1) is 6.04 Å². The van der Waals surface area contributed by atoms with E-state index in [0.717, 1.165) is 16.9 Å².